The highest BCUT2D eigenvalue weighted by atomic mass is 16.7. The lowest BCUT2D eigenvalue weighted by molar-refractivity contribution is -0.0464. The molecule has 7 nitrogen and oxygen atoms in total. The quantitative estimate of drug-likeness (QED) is 0.170. The van der Waals surface area contributed by atoms with E-state index in [4.69, 9.17) is 24.2 Å². The number of aromatic amines is 2. The molecule has 3 aromatic heterocycles. The van der Waals surface area contributed by atoms with Gasteiger partial charge in [-0.25, -0.2) is 9.97 Å². The number of aromatic nitrogens is 4. The van der Waals surface area contributed by atoms with Gasteiger partial charge in [0.15, 0.2) is 5.60 Å². The molecule has 5 heterocycles. The first kappa shape index (κ1) is 35.3. The van der Waals surface area contributed by atoms with Gasteiger partial charge in [0, 0.05) is 29.3 Å². The van der Waals surface area contributed by atoms with Crippen LogP contribution in [0.3, 0.4) is 0 Å². The number of fused-ring (bicyclic) bond motifs is 8. The molecule has 2 aliphatic heterocycles. The third-order valence-corrected chi connectivity index (χ3v) is 11.1. The molecule has 0 fully saturated rings. The van der Waals surface area contributed by atoms with Gasteiger partial charge in [-0.2, -0.15) is 0 Å². The number of rotatable bonds is 7. The summed E-state index contributed by atoms with van der Waals surface area (Å²) in [4.78, 5) is 18.6. The molecule has 56 heavy (non-hydrogen) atoms. The van der Waals surface area contributed by atoms with Crippen LogP contribution >= 0.6 is 0 Å². The summed E-state index contributed by atoms with van der Waals surface area (Å²) in [6.07, 6.45) is -0.765. The lowest BCUT2D eigenvalue weighted by Gasteiger charge is -2.37. The Kier molecular flexibility index (Phi) is 9.02. The highest BCUT2D eigenvalue weighted by Gasteiger charge is 2.49. The SMILES string of the molecule is COC1Oc2nc1c(-c1ccccc1)c1ccc([nH]1)c(-c1ccccc1)c1nc(c(-c3ccccc3)c3ccc([nH]3)c2-c2ccccc2)OC1(C(C)C)C(C)C. The lowest BCUT2D eigenvalue weighted by atomic mass is 9.75. The number of H-pyrrole nitrogens is 2. The van der Waals surface area contributed by atoms with Gasteiger partial charge in [0.25, 0.3) is 0 Å². The Morgan fingerprint density at radius 3 is 1.34 bits per heavy atom. The summed E-state index contributed by atoms with van der Waals surface area (Å²) in [7, 11) is 1.66. The van der Waals surface area contributed by atoms with E-state index in [2.05, 4.69) is 135 Å². The van der Waals surface area contributed by atoms with Crippen LogP contribution in [0.1, 0.15) is 45.4 Å². The number of hydrogen-bond acceptors (Lipinski definition) is 5. The molecule has 8 bridgehead atoms. The van der Waals surface area contributed by atoms with Gasteiger partial charge >= 0.3 is 0 Å². The molecule has 4 aromatic carbocycles. The van der Waals surface area contributed by atoms with Gasteiger partial charge in [0.05, 0.1) is 27.9 Å². The fourth-order valence-corrected chi connectivity index (χ4v) is 8.46. The van der Waals surface area contributed by atoms with Crippen LogP contribution in [0.5, 0.6) is 11.8 Å². The first-order valence-electron chi connectivity index (χ1n) is 19.3. The Bertz CT molecular complexity index is 2680. The molecule has 1 unspecified atom stereocenters. The average Bonchev–Trinajstić information content (AvgIpc) is 4.05. The summed E-state index contributed by atoms with van der Waals surface area (Å²) in [6, 6.07) is 49.8. The van der Waals surface area contributed by atoms with Crippen LogP contribution in [-0.2, 0) is 10.3 Å². The molecule has 7 aromatic rings. The number of methoxy groups -OCH3 is 1. The average molecular weight is 737 g/mol. The van der Waals surface area contributed by atoms with Gasteiger partial charge < -0.3 is 24.2 Å². The van der Waals surface area contributed by atoms with Gasteiger partial charge in [-0.15, -0.1) is 0 Å². The molecule has 0 saturated carbocycles. The molecule has 7 heteroatoms. The minimum absolute atomic E-state index is 0.0655. The van der Waals surface area contributed by atoms with Gasteiger partial charge in [-0.1, -0.05) is 149 Å². The Hall–Kier alpha value is -6.44. The second-order valence-corrected chi connectivity index (χ2v) is 15.0. The highest BCUT2D eigenvalue weighted by Crippen LogP contribution is 2.51. The van der Waals surface area contributed by atoms with E-state index in [1.165, 1.54) is 0 Å². The van der Waals surface area contributed by atoms with Gasteiger partial charge in [-0.05, 0) is 58.4 Å². The predicted octanol–water partition coefficient (Wildman–Crippen LogP) is 12.3. The fourth-order valence-electron chi connectivity index (χ4n) is 8.46. The minimum Gasteiger partial charge on any atom is -0.463 e. The second kappa shape index (κ2) is 14.3. The van der Waals surface area contributed by atoms with Crippen LogP contribution in [0.2, 0.25) is 0 Å². The van der Waals surface area contributed by atoms with Crippen molar-refractivity contribution >= 4 is 22.1 Å². The monoisotopic (exact) mass is 736 g/mol. The van der Waals surface area contributed by atoms with Crippen molar-refractivity contribution in [2.24, 2.45) is 11.8 Å². The molecule has 0 amide bonds. The van der Waals surface area contributed by atoms with Gasteiger partial charge in [0.2, 0.25) is 18.1 Å². The second-order valence-electron chi connectivity index (χ2n) is 15.0. The summed E-state index contributed by atoms with van der Waals surface area (Å²) >= 11 is 0. The molecule has 9 rings (SSSR count). The maximum atomic E-state index is 7.41. The van der Waals surface area contributed by atoms with E-state index < -0.39 is 11.9 Å². The zero-order valence-corrected chi connectivity index (χ0v) is 32.2. The largest absolute Gasteiger partial charge is 0.463 e. The Morgan fingerprint density at radius 2 is 0.893 bits per heavy atom. The first-order chi connectivity index (χ1) is 27.4. The normalized spacial score (nSPS) is 14.8. The van der Waals surface area contributed by atoms with Crippen LogP contribution in [0.15, 0.2) is 146 Å². The highest BCUT2D eigenvalue weighted by molar-refractivity contribution is 5.93. The summed E-state index contributed by atoms with van der Waals surface area (Å²) in [5.74, 6) is 1.16. The molecule has 1 atom stereocenters. The van der Waals surface area contributed by atoms with Crippen molar-refractivity contribution < 1.29 is 14.2 Å². The van der Waals surface area contributed by atoms with Crippen molar-refractivity contribution in [2.75, 3.05) is 7.11 Å². The number of nitrogens with zero attached hydrogens (tertiary/aromatic N) is 2. The molecule has 0 radical (unpaired) electrons. The summed E-state index contributed by atoms with van der Waals surface area (Å²) in [6.45, 7) is 8.94. The lowest BCUT2D eigenvalue weighted by Crippen LogP contribution is -2.41. The number of nitrogens with one attached hydrogen (secondary N) is 2. The maximum Gasteiger partial charge on any atom is 0.246 e. The van der Waals surface area contributed by atoms with E-state index in [1.807, 2.05) is 48.5 Å². The van der Waals surface area contributed by atoms with Gasteiger partial charge in [-0.3, -0.25) is 0 Å². The van der Waals surface area contributed by atoms with Crippen molar-refractivity contribution in [3.8, 4) is 56.3 Å². The molecule has 0 spiro atoms. The smallest absolute Gasteiger partial charge is 0.246 e. The van der Waals surface area contributed by atoms with E-state index in [0.717, 1.165) is 72.3 Å². The summed E-state index contributed by atoms with van der Waals surface area (Å²) < 4.78 is 20.2. The Balaban J connectivity index is 1.55. The van der Waals surface area contributed by atoms with Crippen molar-refractivity contribution in [1.82, 2.24) is 19.9 Å². The molecule has 2 aliphatic rings. The zero-order chi connectivity index (χ0) is 38.4. The zero-order valence-electron chi connectivity index (χ0n) is 32.2. The molecular weight excluding hydrogens is 693 g/mol. The van der Waals surface area contributed by atoms with Crippen LogP contribution < -0.4 is 9.47 Å². The standard InChI is InChI=1S/C49H44N4O3/c1-30(2)49(31(3)4)45-41(33-20-12-7-13-21-33)37-27-26-36(50-37)40(32-18-10-6-11-19-32)44-48(54-5)55-46(52-44)42(34-22-14-8-15-23-34)38-28-29-39(51-38)43(47(53-45)56-49)35-24-16-9-17-25-35/h6-31,48,50-51H,1-5H3. The number of hydrogen-bond donors (Lipinski definition) is 2. The third kappa shape index (κ3) is 5.87. The molecular formula is C49H44N4O3. The number of benzene rings is 4. The van der Waals surface area contributed by atoms with Crippen LogP contribution in [0.25, 0.3) is 66.6 Å². The molecule has 0 saturated heterocycles. The van der Waals surface area contributed by atoms with Crippen LogP contribution in [0.4, 0.5) is 0 Å². The minimum atomic E-state index is -0.767. The summed E-state index contributed by atoms with van der Waals surface area (Å²) in [5.41, 5.74) is 11.8. The Morgan fingerprint density at radius 1 is 0.500 bits per heavy atom. The fraction of sp³-hybridized carbons (Fsp3) is 0.184. The van der Waals surface area contributed by atoms with E-state index in [9.17, 15) is 0 Å². The molecule has 2 N–H and O–H groups in total. The van der Waals surface area contributed by atoms with E-state index in [0.29, 0.717) is 17.5 Å². The van der Waals surface area contributed by atoms with E-state index in [-0.39, 0.29) is 11.8 Å². The van der Waals surface area contributed by atoms with Crippen molar-refractivity contribution in [3.05, 3.63) is 157 Å². The Labute approximate surface area is 327 Å². The predicted molar refractivity (Wildman–Crippen MR) is 225 cm³/mol. The van der Waals surface area contributed by atoms with E-state index >= 15 is 0 Å². The first-order valence-corrected chi connectivity index (χ1v) is 19.3. The van der Waals surface area contributed by atoms with Crippen molar-refractivity contribution in [2.45, 2.75) is 39.6 Å². The summed E-state index contributed by atoms with van der Waals surface area (Å²) in [5, 5.41) is 0. The number of ether oxygens (including phenoxy) is 3. The van der Waals surface area contributed by atoms with Crippen molar-refractivity contribution in [3.63, 3.8) is 0 Å². The van der Waals surface area contributed by atoms with Crippen molar-refractivity contribution in [1.29, 1.82) is 0 Å². The topological polar surface area (TPSA) is 85.0 Å². The van der Waals surface area contributed by atoms with Crippen LogP contribution in [0, 0.1) is 11.8 Å². The molecule has 278 valence electrons. The third-order valence-electron chi connectivity index (χ3n) is 11.1. The maximum absolute atomic E-state index is 7.41. The van der Waals surface area contributed by atoms with Gasteiger partial charge in [0.1, 0.15) is 5.69 Å². The van der Waals surface area contributed by atoms with E-state index in [1.54, 1.807) is 7.11 Å². The molecule has 0 aliphatic carbocycles. The van der Waals surface area contributed by atoms with Crippen LogP contribution in [-0.4, -0.2) is 27.0 Å².